The van der Waals surface area contributed by atoms with Crippen molar-refractivity contribution in [2.24, 2.45) is 5.16 Å². The molecule has 2 aromatic heterocycles. The predicted octanol–water partition coefficient (Wildman–Crippen LogP) is 1.39. The third-order valence-electron chi connectivity index (χ3n) is 9.07. The number of fused-ring (bicyclic) bond motifs is 1. The molecule has 0 unspecified atom stereocenters. The molecule has 3 aromatic rings. The number of nitrogens with zero attached hydrogens (tertiary/aromatic N) is 7. The first-order valence-electron chi connectivity index (χ1n) is 16.1. The number of carbonyl (C=O) groups excluding carboxylic acids is 3. The third kappa shape index (κ3) is 7.56. The number of thioether (sulfide) groups is 1. The average Bonchev–Trinajstić information content (AvgIpc) is 3.91. The van der Waals surface area contributed by atoms with E-state index in [0.717, 1.165) is 42.8 Å². The number of tetrazole rings is 1. The smallest absolute Gasteiger partial charge is 0.350 e. The number of nitrogens with two attached hydrogens (primary N) is 1. The van der Waals surface area contributed by atoms with E-state index in [1.54, 1.807) is 0 Å². The van der Waals surface area contributed by atoms with Gasteiger partial charge in [-0.1, -0.05) is 28.4 Å². The number of halogens is 2. The van der Waals surface area contributed by atoms with Gasteiger partial charge in [0.05, 0.1) is 47.5 Å². The number of oxime groups is 1. The molecular formula is C30H34Cl2N11O8S2+. The van der Waals surface area contributed by atoms with Crippen LogP contribution in [0.2, 0.25) is 10.0 Å². The summed E-state index contributed by atoms with van der Waals surface area (Å²) in [6, 6.07) is 0.192. The number of amides is 3. The molecule has 3 aliphatic heterocycles. The molecule has 5 heterocycles. The molecule has 0 saturated carbocycles. The first-order valence-corrected chi connectivity index (χ1v) is 18.8. The van der Waals surface area contributed by atoms with Gasteiger partial charge in [-0.3, -0.25) is 19.3 Å². The van der Waals surface area contributed by atoms with Crippen LogP contribution in [0, 0.1) is 0 Å². The van der Waals surface area contributed by atoms with Gasteiger partial charge in [0.1, 0.15) is 23.7 Å². The lowest BCUT2D eigenvalue weighted by atomic mass is 10.0. The zero-order chi connectivity index (χ0) is 38.2. The summed E-state index contributed by atoms with van der Waals surface area (Å²) < 4.78 is 0.586. The fourth-order valence-electron chi connectivity index (χ4n) is 6.23. The number of thiazole rings is 1. The number of hydrogen-bond donors (Lipinski definition) is 7. The number of H-pyrrole nitrogens is 1. The molecule has 2 fully saturated rings. The number of nitrogens with one attached hydrogen (secondary N) is 3. The highest BCUT2D eigenvalue weighted by Gasteiger charge is 2.55. The van der Waals surface area contributed by atoms with E-state index in [2.05, 4.69) is 41.4 Å². The Labute approximate surface area is 319 Å². The van der Waals surface area contributed by atoms with E-state index < -0.39 is 52.2 Å². The Hall–Kier alpha value is -4.70. The van der Waals surface area contributed by atoms with Gasteiger partial charge in [-0.05, 0) is 25.1 Å². The van der Waals surface area contributed by atoms with E-state index in [4.69, 9.17) is 33.8 Å². The van der Waals surface area contributed by atoms with E-state index in [1.807, 2.05) is 0 Å². The molecule has 1 aromatic carbocycles. The molecule has 3 aliphatic rings. The van der Waals surface area contributed by atoms with Crippen LogP contribution in [-0.4, -0.2) is 135 Å². The van der Waals surface area contributed by atoms with Gasteiger partial charge in [0.15, 0.2) is 22.3 Å². The summed E-state index contributed by atoms with van der Waals surface area (Å²) in [6.45, 7) is 5.40. The number of anilines is 1. The Kier molecular flexibility index (Phi) is 10.7. The molecule has 2 saturated heterocycles. The number of quaternary nitrogens is 1. The highest BCUT2D eigenvalue weighted by atomic mass is 35.5. The van der Waals surface area contributed by atoms with Crippen molar-refractivity contribution in [3.63, 3.8) is 0 Å². The lowest BCUT2D eigenvalue weighted by Gasteiger charge is -2.50. The van der Waals surface area contributed by atoms with Crippen LogP contribution in [0.4, 0.5) is 5.13 Å². The predicted molar refractivity (Wildman–Crippen MR) is 193 cm³/mol. The quantitative estimate of drug-likeness (QED) is 0.0423. The summed E-state index contributed by atoms with van der Waals surface area (Å²) >= 11 is 14.5. The number of hydrogen-bond acceptors (Lipinski definition) is 15. The number of phenolic OH excluding ortho intramolecular Hbond substituents is 2. The SMILES string of the molecule is CC(C)(O/N=C(\C(=O)N[C@@H]1C(=O)N2C(c3nn[nH]n3)=C(C[N+]3(CCNC(=O)c4cc(Cl)c(O)c(O)c4Cl)CCCC3)CS[C@H]12)c1csc(N)n1)C(=O)O. The fourth-order valence-corrected chi connectivity index (χ4v) is 8.54. The first-order chi connectivity index (χ1) is 25.1. The van der Waals surface area contributed by atoms with Crippen molar-refractivity contribution in [3.8, 4) is 11.5 Å². The average molecular weight is 812 g/mol. The molecule has 23 heteroatoms. The number of aromatic nitrogens is 5. The van der Waals surface area contributed by atoms with Gasteiger partial charge in [-0.25, -0.2) is 9.78 Å². The molecule has 0 radical (unpaired) electrons. The zero-order valence-electron chi connectivity index (χ0n) is 28.1. The van der Waals surface area contributed by atoms with Crippen LogP contribution in [0.3, 0.4) is 0 Å². The largest absolute Gasteiger partial charge is 0.503 e. The van der Waals surface area contributed by atoms with Crippen LogP contribution >= 0.6 is 46.3 Å². The van der Waals surface area contributed by atoms with E-state index >= 15 is 0 Å². The molecule has 0 bridgehead atoms. The summed E-state index contributed by atoms with van der Waals surface area (Å²) in [6.07, 6.45) is 1.89. The van der Waals surface area contributed by atoms with Crippen molar-refractivity contribution in [3.05, 3.63) is 44.1 Å². The Morgan fingerprint density at radius 1 is 1.23 bits per heavy atom. The normalized spacial score (nSPS) is 19.8. The van der Waals surface area contributed by atoms with Crippen molar-refractivity contribution in [1.82, 2.24) is 41.1 Å². The molecule has 8 N–H and O–H groups in total. The summed E-state index contributed by atoms with van der Waals surface area (Å²) in [5, 5.41) is 53.7. The van der Waals surface area contributed by atoms with Crippen molar-refractivity contribution in [2.45, 2.75) is 43.7 Å². The zero-order valence-corrected chi connectivity index (χ0v) is 31.3. The molecule has 53 heavy (non-hydrogen) atoms. The van der Waals surface area contributed by atoms with Crippen LogP contribution in [-0.2, 0) is 19.2 Å². The number of nitrogen functional groups attached to an aromatic ring is 1. The first kappa shape index (κ1) is 38.0. The van der Waals surface area contributed by atoms with Gasteiger partial charge >= 0.3 is 5.97 Å². The maximum atomic E-state index is 13.8. The second-order valence-corrected chi connectivity index (χ2v) is 15.8. The van der Waals surface area contributed by atoms with Gasteiger partial charge in [-0.15, -0.1) is 33.3 Å². The van der Waals surface area contributed by atoms with E-state index in [9.17, 15) is 34.5 Å². The molecule has 19 nitrogen and oxygen atoms in total. The number of likely N-dealkylation sites (tertiary alicyclic amines) is 1. The fraction of sp³-hybridized carbons (Fsp3) is 0.433. The number of phenols is 2. The Morgan fingerprint density at radius 2 is 1.96 bits per heavy atom. The molecule has 282 valence electrons. The Balaban J connectivity index is 1.20. The van der Waals surface area contributed by atoms with E-state index in [1.165, 1.54) is 42.0 Å². The topological polar surface area (TPSA) is 271 Å². The second kappa shape index (κ2) is 15.0. The number of carbonyl (C=O) groups is 4. The van der Waals surface area contributed by atoms with Crippen molar-refractivity contribution in [2.75, 3.05) is 44.2 Å². The molecule has 0 aliphatic carbocycles. The number of aromatic amines is 1. The van der Waals surface area contributed by atoms with Crippen LogP contribution in [0.15, 0.2) is 22.2 Å². The van der Waals surface area contributed by atoms with Crippen LogP contribution < -0.4 is 16.4 Å². The molecular weight excluding hydrogens is 777 g/mol. The summed E-state index contributed by atoms with van der Waals surface area (Å²) in [5.74, 6) is -3.79. The molecule has 2 atom stereocenters. The monoisotopic (exact) mass is 810 g/mol. The minimum absolute atomic E-state index is 0.0460. The van der Waals surface area contributed by atoms with Crippen LogP contribution in [0.25, 0.3) is 5.70 Å². The third-order valence-corrected chi connectivity index (χ3v) is 11.8. The van der Waals surface area contributed by atoms with Crippen LogP contribution in [0.1, 0.15) is 48.6 Å². The minimum Gasteiger partial charge on any atom is -0.503 e. The van der Waals surface area contributed by atoms with Crippen molar-refractivity contribution < 1.29 is 43.8 Å². The summed E-state index contributed by atoms with van der Waals surface area (Å²) in [4.78, 5) is 62.8. The van der Waals surface area contributed by atoms with Gasteiger partial charge < -0.3 is 41.0 Å². The number of aromatic hydroxyl groups is 2. The summed E-state index contributed by atoms with van der Waals surface area (Å²) in [5.41, 5.74) is 4.96. The van der Waals surface area contributed by atoms with Gasteiger partial charge in [-0.2, -0.15) is 5.21 Å². The number of benzene rings is 1. The Bertz CT molecular complexity index is 2020. The van der Waals surface area contributed by atoms with Crippen LogP contribution in [0.5, 0.6) is 11.5 Å². The van der Waals surface area contributed by atoms with Gasteiger partial charge in [0, 0.05) is 29.5 Å². The number of β-lactam (4-membered cyclic amide) rings is 1. The number of carboxylic acids is 1. The molecule has 0 spiro atoms. The molecule has 3 amide bonds. The second-order valence-electron chi connectivity index (χ2n) is 13.0. The Morgan fingerprint density at radius 3 is 2.60 bits per heavy atom. The lowest BCUT2D eigenvalue weighted by Crippen LogP contribution is -2.70. The minimum atomic E-state index is -1.77. The highest BCUT2D eigenvalue weighted by molar-refractivity contribution is 8.00. The number of rotatable bonds is 13. The maximum absolute atomic E-state index is 13.8. The maximum Gasteiger partial charge on any atom is 0.350 e. The number of carboxylic acid groups (broad SMARTS) is 1. The van der Waals surface area contributed by atoms with Crippen molar-refractivity contribution in [1.29, 1.82) is 0 Å². The number of aliphatic carboxylic acids is 1. The summed E-state index contributed by atoms with van der Waals surface area (Å²) in [7, 11) is 0. The molecule has 6 rings (SSSR count). The lowest BCUT2D eigenvalue weighted by molar-refractivity contribution is -0.911. The highest BCUT2D eigenvalue weighted by Crippen LogP contribution is 2.44. The van der Waals surface area contributed by atoms with E-state index in [0.29, 0.717) is 29.0 Å². The van der Waals surface area contributed by atoms with Crippen molar-refractivity contribution >= 4 is 86.5 Å². The van der Waals surface area contributed by atoms with E-state index in [-0.39, 0.29) is 44.5 Å². The standard InChI is InChI=1S/C30H33Cl2N11O8S2/c1-30(2,28(49)50)51-39-18(16-12-53-29(33)35-16)25(47)36-19-26(48)42-20(23-37-40-41-38-23)13(11-52-27(19)42)10-43(6-3-4-7-43)8-5-34-24(46)14-9-15(31)21(44)22(45)17(14)32/h9,12,19,27H,3-8,10-11H2,1-2H3,(H7-,33,34,35,36,37,38,39,40,41,44,45,46,47,49,50)/p+1/t19-,27-/m1/s1. The van der Waals surface area contributed by atoms with Gasteiger partial charge in [0.2, 0.25) is 11.4 Å². The van der Waals surface area contributed by atoms with Gasteiger partial charge in [0.25, 0.3) is 17.7 Å².